The Morgan fingerprint density at radius 1 is 1.56 bits per heavy atom. The monoisotopic (exact) mass is 333 g/mol. The van der Waals surface area contributed by atoms with Gasteiger partial charge in [0.05, 0.1) is 6.42 Å². The van der Waals surface area contributed by atoms with Crippen LogP contribution in [0.15, 0.2) is 22.7 Å². The fourth-order valence-corrected chi connectivity index (χ4v) is 2.23. The molecule has 0 spiro atoms. The molecule has 5 heteroatoms. The van der Waals surface area contributed by atoms with Crippen molar-refractivity contribution in [3.8, 4) is 0 Å². The van der Waals surface area contributed by atoms with E-state index in [-0.39, 0.29) is 18.6 Å². The summed E-state index contributed by atoms with van der Waals surface area (Å²) in [7, 11) is 0. The third kappa shape index (κ3) is 5.38. The molecule has 0 saturated heterocycles. The molecule has 0 aliphatic rings. The number of benzene rings is 1. The summed E-state index contributed by atoms with van der Waals surface area (Å²) in [5.74, 6) is -0.0385. The lowest BCUT2D eigenvalue weighted by Gasteiger charge is -2.13. The van der Waals surface area contributed by atoms with Gasteiger partial charge in [0.2, 0.25) is 5.91 Å². The van der Waals surface area contributed by atoms with E-state index in [9.17, 15) is 4.79 Å². The quantitative estimate of drug-likeness (QED) is 0.840. The Kier molecular flexibility index (Phi) is 6.68. The van der Waals surface area contributed by atoms with E-state index >= 15 is 0 Å². The predicted molar refractivity (Wildman–Crippen MR) is 76.8 cm³/mol. The van der Waals surface area contributed by atoms with Crippen molar-refractivity contribution >= 4 is 33.4 Å². The molecule has 0 aromatic heterocycles. The molecule has 18 heavy (non-hydrogen) atoms. The van der Waals surface area contributed by atoms with Crippen molar-refractivity contribution in [1.29, 1.82) is 0 Å². The molecule has 1 rings (SSSR count). The van der Waals surface area contributed by atoms with Crippen LogP contribution < -0.4 is 5.32 Å². The molecule has 0 fully saturated rings. The van der Waals surface area contributed by atoms with Gasteiger partial charge in [-0.3, -0.25) is 4.79 Å². The number of aliphatic hydroxyl groups excluding tert-OH is 1. The summed E-state index contributed by atoms with van der Waals surface area (Å²) >= 11 is 9.29. The molecule has 1 amide bonds. The molecule has 0 aliphatic heterocycles. The summed E-state index contributed by atoms with van der Waals surface area (Å²) < 4.78 is 0.880. The summed E-state index contributed by atoms with van der Waals surface area (Å²) in [6, 6.07) is 5.46. The van der Waals surface area contributed by atoms with Crippen LogP contribution in [0.5, 0.6) is 0 Å². The van der Waals surface area contributed by atoms with Crippen molar-refractivity contribution in [2.24, 2.45) is 0 Å². The number of carbonyl (C=O) groups excluding carboxylic acids is 1. The maximum absolute atomic E-state index is 11.8. The summed E-state index contributed by atoms with van der Waals surface area (Å²) in [6.45, 7) is 2.08. The van der Waals surface area contributed by atoms with Gasteiger partial charge in [0.15, 0.2) is 0 Å². The summed E-state index contributed by atoms with van der Waals surface area (Å²) in [5.41, 5.74) is 0.870. The standard InChI is InChI=1S/C13H17BrClNO2/c1-9(3-2-6-17)16-13(18)8-10-7-11(15)4-5-12(10)14/h4-5,7,9,17H,2-3,6,8H2,1H3,(H,16,18). The average molecular weight is 335 g/mol. The molecule has 1 atom stereocenters. The minimum atomic E-state index is -0.0385. The summed E-state index contributed by atoms with van der Waals surface area (Å²) in [5, 5.41) is 12.2. The van der Waals surface area contributed by atoms with E-state index in [4.69, 9.17) is 16.7 Å². The van der Waals surface area contributed by atoms with E-state index in [1.807, 2.05) is 13.0 Å². The van der Waals surface area contributed by atoms with Gasteiger partial charge in [0.25, 0.3) is 0 Å². The second-order valence-corrected chi connectivity index (χ2v) is 5.54. The van der Waals surface area contributed by atoms with E-state index in [2.05, 4.69) is 21.2 Å². The molecule has 0 saturated carbocycles. The first-order valence-corrected chi connectivity index (χ1v) is 7.04. The largest absolute Gasteiger partial charge is 0.396 e. The second-order valence-electron chi connectivity index (χ2n) is 4.25. The number of halogens is 2. The molecular formula is C13H17BrClNO2. The summed E-state index contributed by atoms with van der Waals surface area (Å²) in [4.78, 5) is 11.8. The first kappa shape index (κ1) is 15.5. The number of carbonyl (C=O) groups is 1. The average Bonchev–Trinajstić information content (AvgIpc) is 2.31. The van der Waals surface area contributed by atoms with Gasteiger partial charge in [-0.2, -0.15) is 0 Å². The first-order valence-electron chi connectivity index (χ1n) is 5.87. The number of hydrogen-bond donors (Lipinski definition) is 2. The van der Waals surface area contributed by atoms with E-state index in [1.54, 1.807) is 12.1 Å². The van der Waals surface area contributed by atoms with Crippen molar-refractivity contribution in [1.82, 2.24) is 5.32 Å². The first-order chi connectivity index (χ1) is 8.52. The maximum Gasteiger partial charge on any atom is 0.224 e. The van der Waals surface area contributed by atoms with Crippen molar-refractivity contribution < 1.29 is 9.90 Å². The number of nitrogens with one attached hydrogen (secondary N) is 1. The Morgan fingerprint density at radius 3 is 2.94 bits per heavy atom. The Hall–Kier alpha value is -0.580. The Balaban J connectivity index is 2.51. The van der Waals surface area contributed by atoms with Gasteiger partial charge in [-0.25, -0.2) is 0 Å². The molecule has 100 valence electrons. The van der Waals surface area contributed by atoms with Crippen LogP contribution in [-0.2, 0) is 11.2 Å². The molecule has 0 aliphatic carbocycles. The second kappa shape index (κ2) is 7.77. The third-order valence-electron chi connectivity index (χ3n) is 2.56. The topological polar surface area (TPSA) is 49.3 Å². The lowest BCUT2D eigenvalue weighted by Crippen LogP contribution is -2.33. The number of hydrogen-bond acceptors (Lipinski definition) is 2. The predicted octanol–water partition coefficient (Wildman–Crippen LogP) is 2.92. The summed E-state index contributed by atoms with van der Waals surface area (Å²) in [6.07, 6.45) is 1.77. The Labute approximate surface area is 121 Å². The Bertz CT molecular complexity index is 412. The zero-order valence-corrected chi connectivity index (χ0v) is 12.6. The number of aliphatic hydroxyl groups is 1. The highest BCUT2D eigenvalue weighted by molar-refractivity contribution is 9.10. The van der Waals surface area contributed by atoms with Gasteiger partial charge in [0.1, 0.15) is 0 Å². The van der Waals surface area contributed by atoms with Gasteiger partial charge in [-0.15, -0.1) is 0 Å². The van der Waals surface area contributed by atoms with Crippen molar-refractivity contribution in [3.63, 3.8) is 0 Å². The van der Waals surface area contributed by atoms with Crippen molar-refractivity contribution in [3.05, 3.63) is 33.3 Å². The molecule has 0 radical (unpaired) electrons. The van der Waals surface area contributed by atoms with Crippen LogP contribution in [0.25, 0.3) is 0 Å². The van der Waals surface area contributed by atoms with E-state index in [1.165, 1.54) is 0 Å². The van der Waals surface area contributed by atoms with Crippen LogP contribution in [0, 0.1) is 0 Å². The molecule has 3 nitrogen and oxygen atoms in total. The highest BCUT2D eigenvalue weighted by atomic mass is 79.9. The molecular weight excluding hydrogens is 318 g/mol. The van der Waals surface area contributed by atoms with Gasteiger partial charge in [-0.05, 0) is 43.5 Å². The molecule has 0 bridgehead atoms. The van der Waals surface area contributed by atoms with Crippen LogP contribution in [0.2, 0.25) is 5.02 Å². The molecule has 0 heterocycles. The van der Waals surface area contributed by atoms with Gasteiger partial charge < -0.3 is 10.4 Å². The van der Waals surface area contributed by atoms with Crippen LogP contribution >= 0.6 is 27.5 Å². The van der Waals surface area contributed by atoms with Crippen molar-refractivity contribution in [2.45, 2.75) is 32.2 Å². The highest BCUT2D eigenvalue weighted by Crippen LogP contribution is 2.21. The maximum atomic E-state index is 11.8. The molecule has 1 unspecified atom stereocenters. The molecule has 1 aromatic carbocycles. The zero-order valence-electron chi connectivity index (χ0n) is 10.2. The SMILES string of the molecule is CC(CCCO)NC(=O)Cc1cc(Cl)ccc1Br. The molecule has 2 N–H and O–H groups in total. The normalized spacial score (nSPS) is 12.2. The smallest absolute Gasteiger partial charge is 0.224 e. The molecule has 1 aromatic rings. The minimum Gasteiger partial charge on any atom is -0.396 e. The lowest BCUT2D eigenvalue weighted by molar-refractivity contribution is -0.121. The van der Waals surface area contributed by atoms with Gasteiger partial charge in [-0.1, -0.05) is 27.5 Å². The van der Waals surface area contributed by atoms with Crippen molar-refractivity contribution in [2.75, 3.05) is 6.61 Å². The van der Waals surface area contributed by atoms with Crippen LogP contribution in [0.4, 0.5) is 0 Å². The number of amides is 1. The highest BCUT2D eigenvalue weighted by Gasteiger charge is 2.10. The van der Waals surface area contributed by atoms with E-state index in [0.29, 0.717) is 17.9 Å². The number of rotatable bonds is 6. The fourth-order valence-electron chi connectivity index (χ4n) is 1.65. The van der Waals surface area contributed by atoms with E-state index < -0.39 is 0 Å². The van der Waals surface area contributed by atoms with Gasteiger partial charge in [0, 0.05) is 22.1 Å². The van der Waals surface area contributed by atoms with Crippen LogP contribution in [0.1, 0.15) is 25.3 Å². The lowest BCUT2D eigenvalue weighted by atomic mass is 10.1. The fraction of sp³-hybridized carbons (Fsp3) is 0.462. The zero-order chi connectivity index (χ0) is 13.5. The Morgan fingerprint density at radius 2 is 2.28 bits per heavy atom. The van der Waals surface area contributed by atoms with E-state index in [0.717, 1.165) is 16.5 Å². The minimum absolute atomic E-state index is 0.0385. The van der Waals surface area contributed by atoms with Crippen LogP contribution in [0.3, 0.4) is 0 Å². The van der Waals surface area contributed by atoms with Crippen LogP contribution in [-0.4, -0.2) is 23.7 Å². The third-order valence-corrected chi connectivity index (χ3v) is 3.57. The van der Waals surface area contributed by atoms with Gasteiger partial charge >= 0.3 is 0 Å².